The van der Waals surface area contributed by atoms with Gasteiger partial charge in [0.1, 0.15) is 11.5 Å². The van der Waals surface area contributed by atoms with Crippen molar-refractivity contribution >= 4 is 34.8 Å². The van der Waals surface area contributed by atoms with Crippen molar-refractivity contribution in [2.45, 2.75) is 25.8 Å². The van der Waals surface area contributed by atoms with Gasteiger partial charge in [0, 0.05) is 22.0 Å². The van der Waals surface area contributed by atoms with E-state index in [1.165, 1.54) is 12.8 Å². The summed E-state index contributed by atoms with van der Waals surface area (Å²) < 4.78 is 1.66. The maximum atomic E-state index is 11.5. The molecule has 0 bridgehead atoms. The van der Waals surface area contributed by atoms with Gasteiger partial charge < -0.3 is 15.4 Å². The van der Waals surface area contributed by atoms with Crippen LogP contribution in [0.4, 0.5) is 11.5 Å². The van der Waals surface area contributed by atoms with Crippen LogP contribution in [0.15, 0.2) is 46.3 Å². The lowest BCUT2D eigenvalue weighted by molar-refractivity contribution is 0.454. The van der Waals surface area contributed by atoms with E-state index in [1.54, 1.807) is 22.9 Å². The lowest BCUT2D eigenvalue weighted by Crippen LogP contribution is -2.22. The van der Waals surface area contributed by atoms with Crippen LogP contribution in [-0.2, 0) is 0 Å². The van der Waals surface area contributed by atoms with E-state index in [2.05, 4.69) is 27.3 Å². The number of nitrogens with zero attached hydrogens (tertiary/aromatic N) is 4. The molecule has 9 nitrogen and oxygen atoms in total. The Balaban J connectivity index is 1.68. The van der Waals surface area contributed by atoms with E-state index in [1.807, 2.05) is 24.3 Å². The van der Waals surface area contributed by atoms with E-state index in [0.29, 0.717) is 33.1 Å². The molecule has 5 rings (SSSR count). The second kappa shape index (κ2) is 7.59. The largest absolute Gasteiger partial charge is 0.493 e. The van der Waals surface area contributed by atoms with E-state index in [-0.39, 0.29) is 17.6 Å². The number of fused-ring (bicyclic) bond motifs is 1. The van der Waals surface area contributed by atoms with Gasteiger partial charge in [-0.15, -0.1) is 0 Å². The Hall–Kier alpha value is -3.59. The summed E-state index contributed by atoms with van der Waals surface area (Å²) in [6.07, 6.45) is 5.60. The first-order valence-corrected chi connectivity index (χ1v) is 10.3. The predicted molar refractivity (Wildman–Crippen MR) is 117 cm³/mol. The molecule has 0 unspecified atom stereocenters. The van der Waals surface area contributed by atoms with Gasteiger partial charge in [-0.2, -0.15) is 9.61 Å². The molecule has 0 radical (unpaired) electrons. The smallest absolute Gasteiger partial charge is 0.326 e. The van der Waals surface area contributed by atoms with E-state index < -0.39 is 5.69 Å². The maximum Gasteiger partial charge on any atom is 0.326 e. The summed E-state index contributed by atoms with van der Waals surface area (Å²) in [6.45, 7) is 2.10. The highest BCUT2D eigenvalue weighted by Gasteiger charge is 2.27. The molecule has 158 valence electrons. The third-order valence-corrected chi connectivity index (χ3v) is 5.49. The van der Waals surface area contributed by atoms with E-state index >= 15 is 0 Å². The molecule has 0 saturated heterocycles. The van der Waals surface area contributed by atoms with Crippen LogP contribution in [0.2, 0.25) is 5.02 Å². The van der Waals surface area contributed by atoms with Gasteiger partial charge in [0.05, 0.1) is 12.2 Å². The summed E-state index contributed by atoms with van der Waals surface area (Å²) >= 11 is 6.11. The van der Waals surface area contributed by atoms with Crippen molar-refractivity contribution < 1.29 is 5.11 Å². The number of aromatic amines is 2. The standard InChI is InChI=1S/C21H20ClN7O2/c1-11(12-5-6-12)24-18-9-17(25-15-4-2-3-14(22)8-15)27-19-13(10-23-29(18)19)7-16-20(30)28-21(31)26-16/h2-4,7-12,25,30H,5-6H2,1H3,(H2,26,28,31)/b13-7+,24-18?/t11-/m1/s1. The lowest BCUT2D eigenvalue weighted by Gasteiger charge is -2.08. The molecule has 1 aliphatic carbocycles. The summed E-state index contributed by atoms with van der Waals surface area (Å²) in [6, 6.07) is 9.38. The fourth-order valence-electron chi connectivity index (χ4n) is 3.48. The van der Waals surface area contributed by atoms with Crippen molar-refractivity contribution in [1.29, 1.82) is 0 Å². The second-order valence-electron chi connectivity index (χ2n) is 7.66. The highest BCUT2D eigenvalue weighted by atomic mass is 35.5. The highest BCUT2D eigenvalue weighted by Crippen LogP contribution is 2.33. The van der Waals surface area contributed by atoms with Crippen molar-refractivity contribution in [3.05, 3.63) is 68.4 Å². The topological polar surface area (TPSA) is 123 Å². The minimum absolute atomic E-state index is 0.173. The van der Waals surface area contributed by atoms with Crippen molar-refractivity contribution in [3.63, 3.8) is 0 Å². The molecule has 0 amide bonds. The van der Waals surface area contributed by atoms with Crippen molar-refractivity contribution in [1.82, 2.24) is 24.6 Å². The number of aromatic hydroxyl groups is 1. The molecule has 0 aliphatic heterocycles. The van der Waals surface area contributed by atoms with Gasteiger partial charge in [-0.1, -0.05) is 17.7 Å². The van der Waals surface area contributed by atoms with Crippen molar-refractivity contribution in [2.24, 2.45) is 10.9 Å². The van der Waals surface area contributed by atoms with Crippen LogP contribution >= 0.6 is 11.6 Å². The van der Waals surface area contributed by atoms with Gasteiger partial charge in [-0.25, -0.2) is 9.78 Å². The van der Waals surface area contributed by atoms with Crippen LogP contribution in [0.25, 0.3) is 11.7 Å². The van der Waals surface area contributed by atoms with Crippen LogP contribution < -0.4 is 21.7 Å². The van der Waals surface area contributed by atoms with Gasteiger partial charge in [-0.05, 0) is 50.0 Å². The van der Waals surface area contributed by atoms with Gasteiger partial charge in [0.25, 0.3) is 0 Å². The number of H-pyrrole nitrogens is 2. The molecular weight excluding hydrogens is 418 g/mol. The zero-order valence-corrected chi connectivity index (χ0v) is 17.4. The monoisotopic (exact) mass is 437 g/mol. The number of anilines is 2. The summed E-state index contributed by atoms with van der Waals surface area (Å²) in [5.41, 5.74) is 1.75. The third kappa shape index (κ3) is 4.04. The molecule has 1 atom stereocenters. The number of hydrogen-bond donors (Lipinski definition) is 4. The lowest BCUT2D eigenvalue weighted by atomic mass is 10.2. The second-order valence-corrected chi connectivity index (χ2v) is 8.10. The Bertz CT molecular complexity index is 1450. The van der Waals surface area contributed by atoms with Crippen molar-refractivity contribution in [3.8, 4) is 5.88 Å². The molecular formula is C21H20ClN7O2. The number of imidazole rings is 1. The molecule has 1 saturated carbocycles. The van der Waals surface area contributed by atoms with Crippen LogP contribution in [0.1, 0.15) is 25.5 Å². The van der Waals surface area contributed by atoms with E-state index in [0.717, 1.165) is 5.69 Å². The zero-order valence-electron chi connectivity index (χ0n) is 16.6. The molecule has 3 aromatic heterocycles. The van der Waals surface area contributed by atoms with Crippen LogP contribution in [0, 0.1) is 5.92 Å². The molecule has 4 aromatic rings. The molecule has 3 heterocycles. The van der Waals surface area contributed by atoms with Crippen molar-refractivity contribution in [2.75, 3.05) is 5.32 Å². The minimum Gasteiger partial charge on any atom is -0.493 e. The Morgan fingerprint density at radius 1 is 1.35 bits per heavy atom. The predicted octanol–water partition coefficient (Wildman–Crippen LogP) is 2.10. The molecule has 31 heavy (non-hydrogen) atoms. The number of rotatable bonds is 5. The van der Waals surface area contributed by atoms with Crippen LogP contribution in [0.3, 0.4) is 0 Å². The first kappa shape index (κ1) is 19.4. The van der Waals surface area contributed by atoms with Gasteiger partial charge >= 0.3 is 5.69 Å². The summed E-state index contributed by atoms with van der Waals surface area (Å²) in [4.78, 5) is 25.9. The van der Waals surface area contributed by atoms with Crippen LogP contribution in [0.5, 0.6) is 5.88 Å². The highest BCUT2D eigenvalue weighted by molar-refractivity contribution is 6.30. The Morgan fingerprint density at radius 3 is 2.90 bits per heavy atom. The molecule has 4 N–H and O–H groups in total. The van der Waals surface area contributed by atoms with E-state index in [4.69, 9.17) is 21.6 Å². The fourth-order valence-corrected chi connectivity index (χ4v) is 3.67. The molecule has 0 spiro atoms. The van der Waals surface area contributed by atoms with Crippen LogP contribution in [-0.4, -0.2) is 35.7 Å². The molecule has 1 aromatic carbocycles. The zero-order chi connectivity index (χ0) is 21.5. The average molecular weight is 438 g/mol. The normalized spacial score (nSPS) is 16.2. The quantitative estimate of drug-likeness (QED) is 0.380. The number of hydrogen-bond acceptors (Lipinski definition) is 6. The third-order valence-electron chi connectivity index (χ3n) is 5.25. The Morgan fingerprint density at radius 2 is 2.19 bits per heavy atom. The summed E-state index contributed by atoms with van der Waals surface area (Å²) in [5, 5.41) is 18.9. The Kier molecular flexibility index (Phi) is 4.74. The molecule has 1 aliphatic rings. The average Bonchev–Trinajstić information content (AvgIpc) is 3.42. The van der Waals surface area contributed by atoms with Gasteiger partial charge in [0.2, 0.25) is 5.88 Å². The van der Waals surface area contributed by atoms with Gasteiger partial charge in [-0.3, -0.25) is 9.98 Å². The first-order chi connectivity index (χ1) is 15.0. The van der Waals surface area contributed by atoms with E-state index in [9.17, 15) is 9.90 Å². The summed E-state index contributed by atoms with van der Waals surface area (Å²) in [7, 11) is 0. The maximum absolute atomic E-state index is 11.5. The minimum atomic E-state index is -0.495. The fraction of sp³-hybridized carbons (Fsp3) is 0.238. The van der Waals surface area contributed by atoms with Gasteiger partial charge in [0.15, 0.2) is 11.1 Å². The number of benzene rings is 1. The number of halogens is 1. The molecule has 1 fully saturated rings. The number of aromatic nitrogens is 5. The Labute approximate surface area is 181 Å². The first-order valence-electron chi connectivity index (χ1n) is 9.94. The molecule has 10 heteroatoms. The number of nitrogens with one attached hydrogen (secondary N) is 3. The summed E-state index contributed by atoms with van der Waals surface area (Å²) in [5.74, 6) is 0.930. The SMILES string of the molecule is C[C@@H](N=c1cc(Nc2cccc(Cl)c2)nc2/c(=C/c3[nH]c(=O)[nH]c3O)cnn12)C1CC1.